The molecule has 2 nitrogen and oxygen atoms in total. The van der Waals surface area contributed by atoms with E-state index in [0.717, 1.165) is 13.0 Å². The summed E-state index contributed by atoms with van der Waals surface area (Å²) in [6, 6.07) is 0. The topological polar surface area (TPSA) is 38.0 Å². The van der Waals surface area contributed by atoms with E-state index in [1.165, 1.54) is 0 Å². The summed E-state index contributed by atoms with van der Waals surface area (Å²) in [4.78, 5) is 0. The van der Waals surface area contributed by atoms with E-state index >= 15 is 0 Å². The molecule has 0 aliphatic carbocycles. The number of rotatable bonds is 2. The Kier molecular flexibility index (Phi) is 3.55. The Labute approximate surface area is 75.7 Å². The van der Waals surface area contributed by atoms with Crippen LogP contribution in [0.15, 0.2) is 0 Å². The van der Waals surface area contributed by atoms with Crippen LogP contribution in [0.4, 0.5) is 13.2 Å². The lowest BCUT2D eigenvalue weighted by Crippen LogP contribution is -2.41. The highest BCUT2D eigenvalue weighted by Crippen LogP contribution is 2.31. The van der Waals surface area contributed by atoms with E-state index in [1.54, 1.807) is 0 Å². The minimum Gasteiger partial charge on any atom is -0.330 e. The van der Waals surface area contributed by atoms with Gasteiger partial charge in [0, 0.05) is 6.42 Å². The number of hydrogen-bond donors (Lipinski definition) is 2. The predicted molar refractivity (Wildman–Crippen MR) is 44.2 cm³/mol. The maximum atomic E-state index is 12.1. The highest BCUT2D eigenvalue weighted by atomic mass is 19.4. The number of halogens is 3. The van der Waals surface area contributed by atoms with Gasteiger partial charge in [-0.2, -0.15) is 13.2 Å². The third kappa shape index (κ3) is 3.52. The maximum absolute atomic E-state index is 12.1. The molecule has 0 aromatic rings. The molecule has 1 aliphatic rings. The Morgan fingerprint density at radius 3 is 2.54 bits per heavy atom. The summed E-state index contributed by atoms with van der Waals surface area (Å²) in [5.41, 5.74) is 5.42. The molecule has 13 heavy (non-hydrogen) atoms. The van der Waals surface area contributed by atoms with Crippen molar-refractivity contribution in [2.24, 2.45) is 17.6 Å². The van der Waals surface area contributed by atoms with E-state index in [2.05, 4.69) is 5.32 Å². The molecule has 0 aromatic heterocycles. The first-order chi connectivity index (χ1) is 6.03. The molecule has 0 saturated carbocycles. The van der Waals surface area contributed by atoms with Gasteiger partial charge in [0.05, 0.1) is 0 Å². The number of hydrogen-bond acceptors (Lipinski definition) is 2. The predicted octanol–water partition coefficient (Wildman–Crippen LogP) is 1.12. The molecular weight excluding hydrogens is 181 g/mol. The minimum atomic E-state index is -4.06. The molecule has 5 heteroatoms. The molecule has 3 N–H and O–H groups in total. The van der Waals surface area contributed by atoms with Gasteiger partial charge in [0.1, 0.15) is 0 Å². The first-order valence-corrected chi connectivity index (χ1v) is 4.50. The van der Waals surface area contributed by atoms with Crippen molar-refractivity contribution in [3.8, 4) is 0 Å². The number of nitrogens with two attached hydrogens (primary N) is 1. The summed E-state index contributed by atoms with van der Waals surface area (Å²) in [6.07, 6.45) is -4.00. The molecule has 2 atom stereocenters. The van der Waals surface area contributed by atoms with Crippen LogP contribution in [0.5, 0.6) is 0 Å². The molecule has 0 spiro atoms. The smallest absolute Gasteiger partial charge is 0.330 e. The fraction of sp³-hybridized carbons (Fsp3) is 1.00. The minimum absolute atomic E-state index is 0.0304. The van der Waals surface area contributed by atoms with Crippen LogP contribution >= 0.6 is 0 Å². The van der Waals surface area contributed by atoms with E-state index in [0.29, 0.717) is 13.1 Å². The van der Waals surface area contributed by atoms with Gasteiger partial charge in [-0.25, -0.2) is 0 Å². The highest BCUT2D eigenvalue weighted by Gasteiger charge is 2.36. The van der Waals surface area contributed by atoms with Crippen molar-refractivity contribution in [1.82, 2.24) is 5.32 Å². The summed E-state index contributed by atoms with van der Waals surface area (Å²) < 4.78 is 36.2. The molecule has 0 amide bonds. The Morgan fingerprint density at radius 1 is 1.31 bits per heavy atom. The largest absolute Gasteiger partial charge is 0.389 e. The molecule has 2 unspecified atom stereocenters. The fourth-order valence-electron chi connectivity index (χ4n) is 1.82. The Bertz CT molecular complexity index is 158. The van der Waals surface area contributed by atoms with Crippen molar-refractivity contribution in [3.05, 3.63) is 0 Å². The summed E-state index contributed by atoms with van der Waals surface area (Å²) in [5, 5.41) is 2.97. The lowest BCUT2D eigenvalue weighted by molar-refractivity contribution is -0.149. The summed E-state index contributed by atoms with van der Waals surface area (Å²) >= 11 is 0. The van der Waals surface area contributed by atoms with Crippen LogP contribution in [0.2, 0.25) is 0 Å². The van der Waals surface area contributed by atoms with Crippen molar-refractivity contribution >= 4 is 0 Å². The van der Waals surface area contributed by atoms with Gasteiger partial charge in [-0.1, -0.05) is 0 Å². The molecule has 1 saturated heterocycles. The standard InChI is InChI=1S/C8H15F3N2/c9-8(10,11)3-7-5-13-2-1-6(7)4-12/h6-7,13H,1-5,12H2. The second kappa shape index (κ2) is 4.28. The molecule has 0 radical (unpaired) electrons. The van der Waals surface area contributed by atoms with E-state index < -0.39 is 12.6 Å². The molecular formula is C8H15F3N2. The van der Waals surface area contributed by atoms with Gasteiger partial charge in [0.15, 0.2) is 0 Å². The van der Waals surface area contributed by atoms with Crippen LogP contribution in [0.3, 0.4) is 0 Å². The molecule has 1 aliphatic heterocycles. The highest BCUT2D eigenvalue weighted by molar-refractivity contribution is 4.80. The third-order valence-electron chi connectivity index (χ3n) is 2.56. The van der Waals surface area contributed by atoms with Gasteiger partial charge in [-0.3, -0.25) is 0 Å². The normalized spacial score (nSPS) is 30.5. The SMILES string of the molecule is NCC1CCNCC1CC(F)(F)F. The monoisotopic (exact) mass is 196 g/mol. The number of alkyl halides is 3. The van der Waals surface area contributed by atoms with E-state index in [4.69, 9.17) is 5.73 Å². The Hall–Kier alpha value is -0.290. The second-order valence-corrected chi connectivity index (χ2v) is 3.57. The Balaban J connectivity index is 2.45. The van der Waals surface area contributed by atoms with E-state index in [9.17, 15) is 13.2 Å². The lowest BCUT2D eigenvalue weighted by Gasteiger charge is -2.31. The van der Waals surface area contributed by atoms with Crippen molar-refractivity contribution in [3.63, 3.8) is 0 Å². The van der Waals surface area contributed by atoms with Crippen LogP contribution in [0.25, 0.3) is 0 Å². The molecule has 1 rings (SSSR count). The average molecular weight is 196 g/mol. The molecule has 0 bridgehead atoms. The zero-order valence-electron chi connectivity index (χ0n) is 7.40. The lowest BCUT2D eigenvalue weighted by atomic mass is 9.84. The number of nitrogens with one attached hydrogen (secondary N) is 1. The van der Waals surface area contributed by atoms with Crippen LogP contribution in [0.1, 0.15) is 12.8 Å². The Morgan fingerprint density at radius 2 is 2.00 bits per heavy atom. The summed E-state index contributed by atoms with van der Waals surface area (Å²) in [6.45, 7) is 1.60. The summed E-state index contributed by atoms with van der Waals surface area (Å²) in [7, 11) is 0. The third-order valence-corrected chi connectivity index (χ3v) is 2.56. The van der Waals surface area contributed by atoms with E-state index in [-0.39, 0.29) is 11.8 Å². The van der Waals surface area contributed by atoms with Gasteiger partial charge in [0.25, 0.3) is 0 Å². The zero-order chi connectivity index (χ0) is 9.90. The first-order valence-electron chi connectivity index (χ1n) is 4.50. The van der Waals surface area contributed by atoms with E-state index in [1.807, 2.05) is 0 Å². The fourth-order valence-corrected chi connectivity index (χ4v) is 1.82. The molecule has 0 aromatic carbocycles. The van der Waals surface area contributed by atoms with Crippen molar-refractivity contribution in [2.45, 2.75) is 19.0 Å². The van der Waals surface area contributed by atoms with Crippen LogP contribution < -0.4 is 11.1 Å². The van der Waals surface area contributed by atoms with Gasteiger partial charge in [-0.15, -0.1) is 0 Å². The molecule has 1 heterocycles. The van der Waals surface area contributed by atoms with Crippen LogP contribution in [0, 0.1) is 11.8 Å². The first kappa shape index (κ1) is 10.8. The molecule has 78 valence electrons. The van der Waals surface area contributed by atoms with Crippen molar-refractivity contribution in [1.29, 1.82) is 0 Å². The number of piperidine rings is 1. The zero-order valence-corrected chi connectivity index (χ0v) is 7.40. The van der Waals surface area contributed by atoms with Gasteiger partial charge < -0.3 is 11.1 Å². The van der Waals surface area contributed by atoms with Gasteiger partial charge >= 0.3 is 6.18 Å². The average Bonchev–Trinajstić information content (AvgIpc) is 2.02. The second-order valence-electron chi connectivity index (χ2n) is 3.57. The summed E-state index contributed by atoms with van der Waals surface area (Å²) in [5.74, 6) is -0.304. The maximum Gasteiger partial charge on any atom is 0.389 e. The van der Waals surface area contributed by atoms with Crippen molar-refractivity contribution in [2.75, 3.05) is 19.6 Å². The van der Waals surface area contributed by atoms with Gasteiger partial charge in [-0.05, 0) is 37.9 Å². The van der Waals surface area contributed by atoms with Crippen LogP contribution in [-0.2, 0) is 0 Å². The van der Waals surface area contributed by atoms with Crippen molar-refractivity contribution < 1.29 is 13.2 Å². The molecule has 1 fully saturated rings. The quantitative estimate of drug-likeness (QED) is 0.694. The van der Waals surface area contributed by atoms with Crippen LogP contribution in [-0.4, -0.2) is 25.8 Å². The van der Waals surface area contributed by atoms with Gasteiger partial charge in [0.2, 0.25) is 0 Å².